The van der Waals surface area contributed by atoms with E-state index in [1.54, 1.807) is 6.33 Å². The molecule has 32 heavy (non-hydrogen) atoms. The van der Waals surface area contributed by atoms with Crippen LogP contribution in [-0.4, -0.2) is 77.0 Å². The zero-order chi connectivity index (χ0) is 21.7. The van der Waals surface area contributed by atoms with Crippen LogP contribution in [0.1, 0.15) is 23.9 Å². The molecule has 0 saturated carbocycles. The Kier molecular flexibility index (Phi) is 13.0. The minimum atomic E-state index is 0. The lowest BCUT2D eigenvalue weighted by Gasteiger charge is -2.27. The van der Waals surface area contributed by atoms with Crippen LogP contribution in [0.4, 0.5) is 0 Å². The molecule has 1 aromatic carbocycles. The van der Waals surface area contributed by atoms with Crippen LogP contribution >= 0.6 is 35.7 Å². The Morgan fingerprint density at radius 2 is 1.91 bits per heavy atom. The van der Waals surface area contributed by atoms with Crippen LogP contribution in [0.15, 0.2) is 35.6 Å². The number of aliphatic imine (C=N–C) groups is 1. The van der Waals surface area contributed by atoms with Crippen molar-refractivity contribution in [1.29, 1.82) is 0 Å². The normalized spacial score (nSPS) is 14.8. The molecule has 1 fully saturated rings. The van der Waals surface area contributed by atoms with Gasteiger partial charge in [-0.25, -0.2) is 4.99 Å². The summed E-state index contributed by atoms with van der Waals surface area (Å²) in [5.74, 6) is 2.90. The second-order valence-corrected chi connectivity index (χ2v) is 8.45. The highest BCUT2D eigenvalue weighted by molar-refractivity contribution is 14.0. The van der Waals surface area contributed by atoms with Gasteiger partial charge in [0.1, 0.15) is 12.2 Å². The second-order valence-electron chi connectivity index (χ2n) is 7.46. The standard InChI is InChI=1S/C22H35N7OS.HI/c1-3-21-27-26-18-29(21)10-8-23-22(24-9-15-31-2)25-16-19-6-4-5-7-20(19)17-28-11-13-30-14-12-28;/h4-7,18H,3,8-17H2,1-2H3,(H2,23,24,25);1H. The smallest absolute Gasteiger partial charge is 0.191 e. The van der Waals surface area contributed by atoms with E-state index in [0.717, 1.165) is 76.4 Å². The summed E-state index contributed by atoms with van der Waals surface area (Å²) in [5.41, 5.74) is 2.61. The van der Waals surface area contributed by atoms with Crippen molar-refractivity contribution in [2.45, 2.75) is 33.0 Å². The summed E-state index contributed by atoms with van der Waals surface area (Å²) >= 11 is 1.83. The van der Waals surface area contributed by atoms with Crippen molar-refractivity contribution in [3.8, 4) is 0 Å². The van der Waals surface area contributed by atoms with Gasteiger partial charge in [0, 0.05) is 51.4 Å². The third-order valence-electron chi connectivity index (χ3n) is 5.28. The van der Waals surface area contributed by atoms with Gasteiger partial charge in [0.15, 0.2) is 5.96 Å². The van der Waals surface area contributed by atoms with E-state index in [1.165, 1.54) is 11.1 Å². The Bertz CT molecular complexity index is 811. The number of halogens is 1. The molecule has 0 bridgehead atoms. The van der Waals surface area contributed by atoms with Gasteiger partial charge >= 0.3 is 0 Å². The van der Waals surface area contributed by atoms with Crippen LogP contribution in [-0.2, 0) is 30.8 Å². The summed E-state index contributed by atoms with van der Waals surface area (Å²) in [6, 6.07) is 8.61. The molecule has 2 aromatic rings. The number of ether oxygens (including phenoxy) is 1. The van der Waals surface area contributed by atoms with Gasteiger partial charge in [0.2, 0.25) is 0 Å². The molecule has 0 spiro atoms. The van der Waals surface area contributed by atoms with Crippen molar-refractivity contribution in [3.63, 3.8) is 0 Å². The first kappa shape index (κ1) is 26.9. The molecular formula is C22H36IN7OS. The number of aryl methyl sites for hydroxylation is 1. The molecule has 0 unspecified atom stereocenters. The monoisotopic (exact) mass is 573 g/mol. The molecule has 0 radical (unpaired) electrons. The van der Waals surface area contributed by atoms with Gasteiger partial charge < -0.3 is 19.9 Å². The van der Waals surface area contributed by atoms with Crippen LogP contribution in [0, 0.1) is 0 Å². The number of nitrogens with zero attached hydrogens (tertiary/aromatic N) is 5. The van der Waals surface area contributed by atoms with E-state index in [0.29, 0.717) is 6.54 Å². The Morgan fingerprint density at radius 1 is 1.16 bits per heavy atom. The lowest BCUT2D eigenvalue weighted by atomic mass is 10.1. The molecule has 2 N–H and O–H groups in total. The molecule has 1 saturated heterocycles. The molecular weight excluding hydrogens is 537 g/mol. The van der Waals surface area contributed by atoms with Crippen LogP contribution in [0.2, 0.25) is 0 Å². The minimum absolute atomic E-state index is 0. The Morgan fingerprint density at radius 3 is 2.66 bits per heavy atom. The number of hydrogen-bond acceptors (Lipinski definition) is 6. The zero-order valence-corrected chi connectivity index (χ0v) is 22.3. The van der Waals surface area contributed by atoms with Crippen molar-refractivity contribution in [2.75, 3.05) is 51.4 Å². The summed E-state index contributed by atoms with van der Waals surface area (Å²) < 4.78 is 7.57. The largest absolute Gasteiger partial charge is 0.379 e. The molecule has 1 aliphatic heterocycles. The molecule has 1 aromatic heterocycles. The summed E-state index contributed by atoms with van der Waals surface area (Å²) in [6.07, 6.45) is 4.79. The van der Waals surface area contributed by atoms with Crippen molar-refractivity contribution in [2.24, 2.45) is 4.99 Å². The van der Waals surface area contributed by atoms with Gasteiger partial charge in [-0.1, -0.05) is 31.2 Å². The third-order valence-corrected chi connectivity index (χ3v) is 5.89. The summed E-state index contributed by atoms with van der Waals surface area (Å²) in [5, 5.41) is 15.1. The fraction of sp³-hybridized carbons (Fsp3) is 0.591. The van der Waals surface area contributed by atoms with Crippen LogP contribution in [0.3, 0.4) is 0 Å². The summed E-state index contributed by atoms with van der Waals surface area (Å²) in [6.45, 7) is 9.78. The topological polar surface area (TPSA) is 79.6 Å². The van der Waals surface area contributed by atoms with E-state index >= 15 is 0 Å². The number of guanidine groups is 1. The SMILES string of the molecule is CCc1nncn1CCNC(=NCc1ccccc1CN1CCOCC1)NCCSC.I. The zero-order valence-electron chi connectivity index (χ0n) is 19.1. The molecule has 0 amide bonds. The molecule has 178 valence electrons. The van der Waals surface area contributed by atoms with E-state index in [2.05, 4.69) is 67.7 Å². The molecule has 1 aliphatic rings. The van der Waals surface area contributed by atoms with Gasteiger partial charge in [-0.2, -0.15) is 11.8 Å². The first-order chi connectivity index (χ1) is 15.3. The van der Waals surface area contributed by atoms with Crippen molar-refractivity contribution < 1.29 is 4.74 Å². The van der Waals surface area contributed by atoms with E-state index in [1.807, 2.05) is 11.8 Å². The van der Waals surface area contributed by atoms with Crippen LogP contribution < -0.4 is 10.6 Å². The lowest BCUT2D eigenvalue weighted by Crippen LogP contribution is -2.40. The lowest BCUT2D eigenvalue weighted by molar-refractivity contribution is 0.0341. The number of aromatic nitrogens is 3. The maximum absolute atomic E-state index is 5.48. The Balaban J connectivity index is 0.00000363. The number of rotatable bonds is 11. The highest BCUT2D eigenvalue weighted by atomic mass is 127. The molecule has 10 heteroatoms. The Labute approximate surface area is 213 Å². The number of hydrogen-bond donors (Lipinski definition) is 2. The van der Waals surface area contributed by atoms with Crippen LogP contribution in [0.5, 0.6) is 0 Å². The minimum Gasteiger partial charge on any atom is -0.379 e. The maximum Gasteiger partial charge on any atom is 0.191 e. The molecule has 0 atom stereocenters. The van der Waals surface area contributed by atoms with Crippen LogP contribution in [0.25, 0.3) is 0 Å². The molecule has 8 nitrogen and oxygen atoms in total. The van der Waals surface area contributed by atoms with Crippen molar-refractivity contribution in [1.82, 2.24) is 30.3 Å². The second kappa shape index (κ2) is 15.5. The average molecular weight is 574 g/mol. The molecule has 3 rings (SSSR count). The van der Waals surface area contributed by atoms with Gasteiger partial charge in [-0.3, -0.25) is 4.90 Å². The van der Waals surface area contributed by atoms with Crippen molar-refractivity contribution >= 4 is 41.7 Å². The first-order valence-corrected chi connectivity index (χ1v) is 12.4. The number of nitrogens with one attached hydrogen (secondary N) is 2. The molecule has 2 heterocycles. The predicted molar refractivity (Wildman–Crippen MR) is 143 cm³/mol. The van der Waals surface area contributed by atoms with E-state index in [9.17, 15) is 0 Å². The van der Waals surface area contributed by atoms with Gasteiger partial charge in [-0.15, -0.1) is 34.2 Å². The van der Waals surface area contributed by atoms with Gasteiger partial charge in [-0.05, 0) is 17.4 Å². The average Bonchev–Trinajstić information content (AvgIpc) is 3.26. The number of thioether (sulfide) groups is 1. The summed E-state index contributed by atoms with van der Waals surface area (Å²) in [4.78, 5) is 7.33. The maximum atomic E-state index is 5.48. The van der Waals surface area contributed by atoms with Gasteiger partial charge in [0.25, 0.3) is 0 Å². The number of morpholine rings is 1. The number of benzene rings is 1. The van der Waals surface area contributed by atoms with E-state index in [-0.39, 0.29) is 24.0 Å². The van der Waals surface area contributed by atoms with Crippen molar-refractivity contribution in [3.05, 3.63) is 47.5 Å². The highest BCUT2D eigenvalue weighted by Gasteiger charge is 2.12. The quantitative estimate of drug-likeness (QED) is 0.185. The highest BCUT2D eigenvalue weighted by Crippen LogP contribution is 2.14. The van der Waals surface area contributed by atoms with Gasteiger partial charge in [0.05, 0.1) is 19.8 Å². The fourth-order valence-electron chi connectivity index (χ4n) is 3.51. The first-order valence-electron chi connectivity index (χ1n) is 11.0. The fourth-order valence-corrected chi connectivity index (χ4v) is 3.82. The Hall–Kier alpha value is -1.37. The van der Waals surface area contributed by atoms with E-state index in [4.69, 9.17) is 9.73 Å². The predicted octanol–water partition coefficient (Wildman–Crippen LogP) is 2.39. The molecule has 0 aliphatic carbocycles. The van der Waals surface area contributed by atoms with E-state index < -0.39 is 0 Å². The summed E-state index contributed by atoms with van der Waals surface area (Å²) in [7, 11) is 0. The third kappa shape index (κ3) is 8.87.